The van der Waals surface area contributed by atoms with Crippen molar-refractivity contribution in [2.75, 3.05) is 0 Å². The van der Waals surface area contributed by atoms with E-state index in [2.05, 4.69) is 11.3 Å². The van der Waals surface area contributed by atoms with Crippen molar-refractivity contribution < 1.29 is 44.6 Å². The van der Waals surface area contributed by atoms with Crippen LogP contribution in [0.4, 0.5) is 35.1 Å². The molecule has 2 aromatic rings. The van der Waals surface area contributed by atoms with Gasteiger partial charge in [0.15, 0.2) is 17.5 Å². The summed E-state index contributed by atoms with van der Waals surface area (Å²) in [5.74, 6) is -8.54. The highest BCUT2D eigenvalue weighted by Gasteiger charge is 2.45. The first kappa shape index (κ1) is 28.2. The molecule has 0 amide bonds. The van der Waals surface area contributed by atoms with E-state index in [0.29, 0.717) is 42.7 Å². The Morgan fingerprint density at radius 2 is 1.21 bits per heavy atom. The lowest BCUT2D eigenvalue weighted by atomic mass is 9.69. The van der Waals surface area contributed by atoms with Crippen LogP contribution in [0.15, 0.2) is 43.0 Å². The summed E-state index contributed by atoms with van der Waals surface area (Å²) < 4.78 is 122. The maximum Gasteiger partial charge on any atom is 0.429 e. The molecule has 38 heavy (non-hydrogen) atoms. The molecule has 0 N–H and O–H groups in total. The summed E-state index contributed by atoms with van der Waals surface area (Å²) in [5, 5.41) is 0. The third-order valence-electron chi connectivity index (χ3n) is 7.78. The fourth-order valence-electron chi connectivity index (χ4n) is 5.61. The second-order valence-corrected chi connectivity index (χ2v) is 10.1. The van der Waals surface area contributed by atoms with E-state index in [1.807, 2.05) is 6.08 Å². The third kappa shape index (κ3) is 6.26. The average Bonchev–Trinajstić information content (AvgIpc) is 2.87. The van der Waals surface area contributed by atoms with E-state index in [9.17, 15) is 35.1 Å². The van der Waals surface area contributed by atoms with Gasteiger partial charge in [0.25, 0.3) is 0 Å². The molecule has 0 unspecified atom stereocenters. The zero-order valence-electron chi connectivity index (χ0n) is 20.5. The maximum absolute atomic E-state index is 14.9. The minimum Gasteiger partial charge on any atom is -0.432 e. The van der Waals surface area contributed by atoms with Crippen LogP contribution in [0.2, 0.25) is 0 Å². The lowest BCUT2D eigenvalue weighted by molar-refractivity contribution is -0.224. The van der Waals surface area contributed by atoms with Gasteiger partial charge in [0.2, 0.25) is 0 Å². The van der Waals surface area contributed by atoms with Gasteiger partial charge in [-0.3, -0.25) is 0 Å². The second kappa shape index (κ2) is 11.1. The predicted octanol–water partition coefficient (Wildman–Crippen LogP) is 9.14. The first-order valence-electron chi connectivity index (χ1n) is 12.6. The van der Waals surface area contributed by atoms with Crippen molar-refractivity contribution in [2.45, 2.75) is 63.6 Å². The Balaban J connectivity index is 1.37. The summed E-state index contributed by atoms with van der Waals surface area (Å²) in [5.41, 5.74) is -1.38. The number of alkyl halides is 4. The summed E-state index contributed by atoms with van der Waals surface area (Å²) in [7, 11) is 0. The Bertz CT molecular complexity index is 1110. The number of halogens is 8. The van der Waals surface area contributed by atoms with Crippen LogP contribution in [0.1, 0.15) is 56.9 Å². The highest BCUT2D eigenvalue weighted by molar-refractivity contribution is 5.33. The normalized spacial score (nSPS) is 24.6. The molecule has 0 heterocycles. The topological polar surface area (TPSA) is 18.5 Å². The van der Waals surface area contributed by atoms with Crippen LogP contribution in [0.3, 0.4) is 0 Å². The molecular weight excluding hydrogens is 520 g/mol. The number of allylic oxidation sites excluding steroid dienone is 1. The molecule has 0 saturated heterocycles. The van der Waals surface area contributed by atoms with Crippen molar-refractivity contribution >= 4 is 0 Å². The summed E-state index contributed by atoms with van der Waals surface area (Å²) in [4.78, 5) is 0. The van der Waals surface area contributed by atoms with E-state index in [0.717, 1.165) is 31.7 Å². The molecule has 0 aromatic heterocycles. The summed E-state index contributed by atoms with van der Waals surface area (Å²) in [6.07, 6.45) is -0.133. The van der Waals surface area contributed by atoms with Crippen LogP contribution in [-0.4, -0.2) is 6.11 Å². The largest absolute Gasteiger partial charge is 0.432 e. The summed E-state index contributed by atoms with van der Waals surface area (Å²) in [6.45, 7) is 3.84. The Morgan fingerprint density at radius 3 is 1.74 bits per heavy atom. The fourth-order valence-corrected chi connectivity index (χ4v) is 5.61. The molecule has 2 nitrogen and oxygen atoms in total. The maximum atomic E-state index is 14.9. The van der Waals surface area contributed by atoms with E-state index in [4.69, 9.17) is 4.74 Å². The number of ether oxygens (including phenoxy) is 2. The molecule has 2 aromatic carbocycles. The molecular formula is C28H28F8O2. The van der Waals surface area contributed by atoms with Gasteiger partial charge in [0.05, 0.1) is 5.92 Å². The molecule has 0 aliphatic heterocycles. The molecule has 208 valence electrons. The molecule has 2 aliphatic rings. The van der Waals surface area contributed by atoms with Gasteiger partial charge < -0.3 is 9.47 Å². The Kier molecular flexibility index (Phi) is 8.28. The SMILES string of the molecule is C=CC1CCC(C2CCC(C(F)(F)Oc3ccc(C(F)(F)Oc4cc(F)c(F)c(F)c4)c(F)c3)CC2)CC1. The first-order valence-corrected chi connectivity index (χ1v) is 12.6. The van der Waals surface area contributed by atoms with Crippen molar-refractivity contribution in [3.63, 3.8) is 0 Å². The van der Waals surface area contributed by atoms with Gasteiger partial charge >= 0.3 is 12.2 Å². The van der Waals surface area contributed by atoms with Crippen molar-refractivity contribution in [1.82, 2.24) is 0 Å². The molecule has 0 spiro atoms. The standard InChI is InChI=1S/C28H28F8O2/c1-2-16-3-5-17(6-4-16)18-7-9-19(10-8-18)27(33,34)37-20-11-12-22(23(29)13-20)28(35,36)38-21-14-24(30)26(32)25(31)15-21/h2,11-19H,1,3-10H2. The van der Waals surface area contributed by atoms with Crippen LogP contribution in [0.5, 0.6) is 11.5 Å². The van der Waals surface area contributed by atoms with Gasteiger partial charge in [-0.05, 0) is 81.3 Å². The monoisotopic (exact) mass is 548 g/mol. The molecule has 2 saturated carbocycles. The van der Waals surface area contributed by atoms with Crippen LogP contribution >= 0.6 is 0 Å². The molecule has 0 radical (unpaired) electrons. The second-order valence-electron chi connectivity index (χ2n) is 10.1. The minimum atomic E-state index is -4.45. The molecule has 10 heteroatoms. The highest BCUT2D eigenvalue weighted by Crippen LogP contribution is 2.46. The van der Waals surface area contributed by atoms with E-state index in [-0.39, 0.29) is 25.0 Å². The fraction of sp³-hybridized carbons (Fsp3) is 0.500. The Hall–Kier alpha value is -2.78. The van der Waals surface area contributed by atoms with Crippen LogP contribution in [-0.2, 0) is 6.11 Å². The van der Waals surface area contributed by atoms with Crippen molar-refractivity contribution in [3.05, 3.63) is 71.8 Å². The number of hydrogen-bond donors (Lipinski definition) is 0. The molecule has 4 rings (SSSR count). The number of rotatable bonds is 8. The lowest BCUT2D eigenvalue weighted by Gasteiger charge is -2.39. The number of hydrogen-bond acceptors (Lipinski definition) is 2. The van der Waals surface area contributed by atoms with Crippen molar-refractivity contribution in [3.8, 4) is 11.5 Å². The predicted molar refractivity (Wildman–Crippen MR) is 124 cm³/mol. The molecule has 2 aliphatic carbocycles. The molecule has 2 fully saturated rings. The zero-order valence-corrected chi connectivity index (χ0v) is 20.5. The lowest BCUT2D eigenvalue weighted by Crippen LogP contribution is -2.38. The summed E-state index contributed by atoms with van der Waals surface area (Å²) >= 11 is 0. The average molecular weight is 549 g/mol. The van der Waals surface area contributed by atoms with Crippen LogP contribution in [0, 0.1) is 46.9 Å². The highest BCUT2D eigenvalue weighted by atomic mass is 19.3. The van der Waals surface area contributed by atoms with Gasteiger partial charge in [-0.1, -0.05) is 6.08 Å². The van der Waals surface area contributed by atoms with E-state index in [1.165, 1.54) is 0 Å². The minimum absolute atomic E-state index is 0.170. The molecule has 0 atom stereocenters. The van der Waals surface area contributed by atoms with E-state index >= 15 is 0 Å². The van der Waals surface area contributed by atoms with Gasteiger partial charge in [0.1, 0.15) is 22.9 Å². The van der Waals surface area contributed by atoms with Gasteiger partial charge in [0, 0.05) is 18.2 Å². The Morgan fingerprint density at radius 1 is 0.684 bits per heavy atom. The van der Waals surface area contributed by atoms with Gasteiger partial charge in [-0.15, -0.1) is 6.58 Å². The quantitative estimate of drug-likeness (QED) is 0.186. The van der Waals surface area contributed by atoms with Crippen molar-refractivity contribution in [1.29, 1.82) is 0 Å². The van der Waals surface area contributed by atoms with E-state index in [1.54, 1.807) is 0 Å². The summed E-state index contributed by atoms with van der Waals surface area (Å²) in [6, 6.07) is 1.93. The Labute approximate surface area is 215 Å². The van der Waals surface area contributed by atoms with Crippen molar-refractivity contribution in [2.24, 2.45) is 23.7 Å². The van der Waals surface area contributed by atoms with Gasteiger partial charge in [-0.2, -0.15) is 17.6 Å². The van der Waals surface area contributed by atoms with Crippen LogP contribution < -0.4 is 9.47 Å². The zero-order chi connectivity index (χ0) is 27.7. The number of benzene rings is 2. The first-order chi connectivity index (χ1) is 17.9. The van der Waals surface area contributed by atoms with Crippen LogP contribution in [0.25, 0.3) is 0 Å². The third-order valence-corrected chi connectivity index (χ3v) is 7.78. The smallest absolute Gasteiger partial charge is 0.429 e. The molecule has 0 bridgehead atoms. The van der Waals surface area contributed by atoms with E-state index < -0.39 is 58.5 Å². The van der Waals surface area contributed by atoms with Gasteiger partial charge in [-0.25, -0.2) is 17.6 Å².